The minimum absolute atomic E-state index is 0.0166. The molecule has 0 amide bonds. The smallest absolute Gasteiger partial charge is 0.287 e. The van der Waals surface area contributed by atoms with E-state index >= 15 is 0 Å². The maximum Gasteiger partial charge on any atom is 0.287 e. The molecule has 0 saturated heterocycles. The van der Waals surface area contributed by atoms with Crippen LogP contribution in [0.3, 0.4) is 0 Å². The van der Waals surface area contributed by atoms with Gasteiger partial charge in [-0.3, -0.25) is 10.1 Å². The van der Waals surface area contributed by atoms with E-state index in [1.807, 2.05) is 0 Å². The number of nitro groups is 1. The number of pyridine rings is 1. The molecule has 0 aliphatic carbocycles. The standard InChI is InChI=1S/C13H21N3O2/c1-10(7-8-13(2,3)4)15-12-6-5-11(9-14-12)16(17)18/h5-6,9-10H,7-8H2,1-4H3,(H,14,15). The predicted octanol–water partition coefficient (Wildman–Crippen LogP) is 3.62. The Kier molecular flexibility index (Phi) is 4.64. The predicted molar refractivity (Wildman–Crippen MR) is 72.7 cm³/mol. The van der Waals surface area contributed by atoms with Crippen molar-refractivity contribution in [3.05, 3.63) is 28.4 Å². The minimum Gasteiger partial charge on any atom is -0.368 e. The molecule has 5 nitrogen and oxygen atoms in total. The van der Waals surface area contributed by atoms with Crippen molar-refractivity contribution >= 4 is 11.5 Å². The van der Waals surface area contributed by atoms with E-state index in [4.69, 9.17) is 0 Å². The molecule has 1 heterocycles. The first kappa shape index (κ1) is 14.4. The Morgan fingerprint density at radius 3 is 2.56 bits per heavy atom. The fourth-order valence-electron chi connectivity index (χ4n) is 1.55. The zero-order valence-corrected chi connectivity index (χ0v) is 11.4. The van der Waals surface area contributed by atoms with Gasteiger partial charge in [0.2, 0.25) is 0 Å². The maximum atomic E-state index is 10.5. The molecular weight excluding hydrogens is 230 g/mol. The zero-order chi connectivity index (χ0) is 13.8. The van der Waals surface area contributed by atoms with Gasteiger partial charge in [-0.2, -0.15) is 0 Å². The normalized spacial score (nSPS) is 13.1. The maximum absolute atomic E-state index is 10.5. The summed E-state index contributed by atoms with van der Waals surface area (Å²) in [6.07, 6.45) is 3.44. The molecule has 1 rings (SSSR count). The van der Waals surface area contributed by atoms with E-state index < -0.39 is 4.92 Å². The van der Waals surface area contributed by atoms with E-state index in [1.165, 1.54) is 12.3 Å². The Hall–Kier alpha value is -1.65. The second-order valence-electron chi connectivity index (χ2n) is 5.80. The van der Waals surface area contributed by atoms with E-state index in [2.05, 4.69) is 38.0 Å². The SMILES string of the molecule is CC(CCC(C)(C)C)Nc1ccc([N+](=O)[O-])cn1. The quantitative estimate of drug-likeness (QED) is 0.641. The third-order valence-corrected chi connectivity index (χ3v) is 2.68. The van der Waals surface area contributed by atoms with E-state index in [-0.39, 0.29) is 5.69 Å². The first-order chi connectivity index (χ1) is 8.28. The zero-order valence-electron chi connectivity index (χ0n) is 11.4. The highest BCUT2D eigenvalue weighted by Crippen LogP contribution is 2.22. The Morgan fingerprint density at radius 1 is 1.44 bits per heavy atom. The largest absolute Gasteiger partial charge is 0.368 e. The van der Waals surface area contributed by atoms with Crippen molar-refractivity contribution in [2.24, 2.45) is 5.41 Å². The van der Waals surface area contributed by atoms with Gasteiger partial charge in [0.25, 0.3) is 5.69 Å². The second-order valence-corrected chi connectivity index (χ2v) is 5.80. The molecule has 0 radical (unpaired) electrons. The van der Waals surface area contributed by atoms with Gasteiger partial charge < -0.3 is 5.32 Å². The molecule has 1 unspecified atom stereocenters. The lowest BCUT2D eigenvalue weighted by atomic mass is 9.89. The minimum atomic E-state index is -0.445. The van der Waals surface area contributed by atoms with Crippen LogP contribution in [-0.2, 0) is 0 Å². The topological polar surface area (TPSA) is 68.1 Å². The van der Waals surface area contributed by atoms with Crippen LogP contribution in [-0.4, -0.2) is 15.9 Å². The molecule has 0 saturated carbocycles. The molecule has 1 aromatic heterocycles. The van der Waals surface area contributed by atoms with Gasteiger partial charge in [-0.15, -0.1) is 0 Å². The molecule has 0 aliphatic rings. The van der Waals surface area contributed by atoms with Gasteiger partial charge >= 0.3 is 0 Å². The lowest BCUT2D eigenvalue weighted by molar-refractivity contribution is -0.385. The molecule has 1 aromatic rings. The number of anilines is 1. The molecule has 0 bridgehead atoms. The summed E-state index contributed by atoms with van der Waals surface area (Å²) in [4.78, 5) is 14.1. The van der Waals surface area contributed by atoms with Crippen molar-refractivity contribution in [3.8, 4) is 0 Å². The van der Waals surface area contributed by atoms with Crippen molar-refractivity contribution in [1.29, 1.82) is 0 Å². The Balaban J connectivity index is 2.49. The van der Waals surface area contributed by atoms with Crippen LogP contribution in [0, 0.1) is 15.5 Å². The Labute approximate surface area is 108 Å². The summed E-state index contributed by atoms with van der Waals surface area (Å²) < 4.78 is 0. The van der Waals surface area contributed by atoms with E-state index in [9.17, 15) is 10.1 Å². The van der Waals surface area contributed by atoms with Crippen molar-refractivity contribution < 1.29 is 4.92 Å². The molecular formula is C13H21N3O2. The monoisotopic (exact) mass is 251 g/mol. The number of rotatable bonds is 5. The van der Waals surface area contributed by atoms with Crippen LogP contribution < -0.4 is 5.32 Å². The van der Waals surface area contributed by atoms with Crippen LogP contribution in [0.5, 0.6) is 0 Å². The summed E-state index contributed by atoms with van der Waals surface area (Å²) in [6, 6.07) is 3.41. The van der Waals surface area contributed by atoms with Crippen LogP contribution in [0.15, 0.2) is 18.3 Å². The molecule has 1 atom stereocenters. The fourth-order valence-corrected chi connectivity index (χ4v) is 1.55. The lowest BCUT2D eigenvalue weighted by Gasteiger charge is -2.21. The highest BCUT2D eigenvalue weighted by Gasteiger charge is 2.13. The molecule has 0 aromatic carbocycles. The van der Waals surface area contributed by atoms with Gasteiger partial charge in [0.15, 0.2) is 0 Å². The van der Waals surface area contributed by atoms with Crippen LogP contribution in [0.25, 0.3) is 0 Å². The summed E-state index contributed by atoms with van der Waals surface area (Å²) >= 11 is 0. The molecule has 0 spiro atoms. The number of nitrogens with one attached hydrogen (secondary N) is 1. The van der Waals surface area contributed by atoms with Crippen molar-refractivity contribution in [2.75, 3.05) is 5.32 Å². The molecule has 0 fully saturated rings. The van der Waals surface area contributed by atoms with Crippen molar-refractivity contribution in [2.45, 2.75) is 46.6 Å². The lowest BCUT2D eigenvalue weighted by Crippen LogP contribution is -2.19. The first-order valence-electron chi connectivity index (χ1n) is 6.15. The van der Waals surface area contributed by atoms with E-state index in [0.717, 1.165) is 12.8 Å². The summed E-state index contributed by atoms with van der Waals surface area (Å²) in [5.41, 5.74) is 0.335. The summed E-state index contributed by atoms with van der Waals surface area (Å²) in [6.45, 7) is 8.73. The average Bonchev–Trinajstić information content (AvgIpc) is 2.26. The Bertz CT molecular complexity index is 396. The van der Waals surface area contributed by atoms with Gasteiger partial charge in [-0.25, -0.2) is 4.98 Å². The third-order valence-electron chi connectivity index (χ3n) is 2.68. The third kappa shape index (κ3) is 5.12. The number of hydrogen-bond acceptors (Lipinski definition) is 4. The Morgan fingerprint density at radius 2 is 2.11 bits per heavy atom. The second kappa shape index (κ2) is 5.80. The van der Waals surface area contributed by atoms with Crippen molar-refractivity contribution in [1.82, 2.24) is 4.98 Å². The molecule has 18 heavy (non-hydrogen) atoms. The van der Waals surface area contributed by atoms with Crippen molar-refractivity contribution in [3.63, 3.8) is 0 Å². The van der Waals surface area contributed by atoms with Gasteiger partial charge in [0, 0.05) is 12.1 Å². The number of hydrogen-bond donors (Lipinski definition) is 1. The highest BCUT2D eigenvalue weighted by atomic mass is 16.6. The summed E-state index contributed by atoms with van der Waals surface area (Å²) in [5, 5.41) is 13.7. The molecule has 100 valence electrons. The molecule has 1 N–H and O–H groups in total. The van der Waals surface area contributed by atoms with Crippen LogP contribution in [0.1, 0.15) is 40.5 Å². The van der Waals surface area contributed by atoms with Crippen LogP contribution >= 0.6 is 0 Å². The first-order valence-corrected chi connectivity index (χ1v) is 6.15. The highest BCUT2D eigenvalue weighted by molar-refractivity contribution is 5.40. The van der Waals surface area contributed by atoms with Gasteiger partial charge in [-0.05, 0) is 31.2 Å². The molecule has 5 heteroatoms. The van der Waals surface area contributed by atoms with E-state index in [1.54, 1.807) is 6.07 Å². The summed E-state index contributed by atoms with van der Waals surface area (Å²) in [7, 11) is 0. The molecule has 0 aliphatic heterocycles. The van der Waals surface area contributed by atoms with Crippen LogP contribution in [0.4, 0.5) is 11.5 Å². The average molecular weight is 251 g/mol. The van der Waals surface area contributed by atoms with Crippen LogP contribution in [0.2, 0.25) is 0 Å². The van der Waals surface area contributed by atoms with Gasteiger partial charge in [-0.1, -0.05) is 20.8 Å². The van der Waals surface area contributed by atoms with Gasteiger partial charge in [0.05, 0.1) is 4.92 Å². The number of nitrogens with zero attached hydrogens (tertiary/aromatic N) is 2. The number of aromatic nitrogens is 1. The summed E-state index contributed by atoms with van der Waals surface area (Å²) in [5.74, 6) is 0.682. The van der Waals surface area contributed by atoms with Gasteiger partial charge in [0.1, 0.15) is 12.0 Å². The van der Waals surface area contributed by atoms with E-state index in [0.29, 0.717) is 17.3 Å². The fraction of sp³-hybridized carbons (Fsp3) is 0.615.